The third-order valence-corrected chi connectivity index (χ3v) is 4.11. The average Bonchev–Trinajstić information content (AvgIpc) is 2.57. The third-order valence-electron chi connectivity index (χ3n) is 4.11. The molecule has 2 heterocycles. The molecule has 0 unspecified atom stereocenters. The van der Waals surface area contributed by atoms with E-state index in [1.165, 1.54) is 6.07 Å². The smallest absolute Gasteiger partial charge is 0.238 e. The number of aryl methyl sites for hydroxylation is 1. The number of rotatable bonds is 1. The quantitative estimate of drug-likeness (QED) is 0.636. The Morgan fingerprint density at radius 1 is 1.04 bits per heavy atom. The fourth-order valence-electron chi connectivity index (χ4n) is 2.97. The Kier molecular flexibility index (Phi) is 3.13. The molecule has 1 aromatic heterocycles. The number of fused-ring (bicyclic) bond motifs is 2. The normalized spacial score (nSPS) is 13.5. The molecule has 0 saturated carbocycles. The van der Waals surface area contributed by atoms with Gasteiger partial charge in [0.15, 0.2) is 5.76 Å². The minimum absolute atomic E-state index is 0.000675. The van der Waals surface area contributed by atoms with Crippen LogP contribution in [0.4, 0.5) is 0 Å². The van der Waals surface area contributed by atoms with Crippen molar-refractivity contribution in [2.75, 3.05) is 6.61 Å². The maximum Gasteiger partial charge on any atom is 0.238 e. The maximum atomic E-state index is 12.4. The molecule has 2 aromatic carbocycles. The second-order valence-electron chi connectivity index (χ2n) is 5.72. The highest BCUT2D eigenvalue weighted by molar-refractivity contribution is 5.88. The fraction of sp³-hybridized carbons (Fsp3) is 0.167. The minimum Gasteiger partial charge on any atom is -0.508 e. The van der Waals surface area contributed by atoms with Crippen LogP contribution < -0.4 is 10.2 Å². The summed E-state index contributed by atoms with van der Waals surface area (Å²) in [5, 5.41) is 29.5. The fourth-order valence-corrected chi connectivity index (χ4v) is 2.97. The molecule has 0 amide bonds. The van der Waals surface area contributed by atoms with Crippen LogP contribution in [-0.2, 0) is 6.42 Å². The van der Waals surface area contributed by atoms with Crippen molar-refractivity contribution in [2.45, 2.75) is 12.8 Å². The number of hydrogen-bond acceptors (Lipinski definition) is 6. The van der Waals surface area contributed by atoms with E-state index in [0.29, 0.717) is 12.2 Å². The van der Waals surface area contributed by atoms with E-state index >= 15 is 0 Å². The van der Waals surface area contributed by atoms with Crippen LogP contribution in [0.3, 0.4) is 0 Å². The first kappa shape index (κ1) is 14.4. The molecule has 24 heavy (non-hydrogen) atoms. The van der Waals surface area contributed by atoms with E-state index in [2.05, 4.69) is 0 Å². The molecular weight excluding hydrogens is 312 g/mol. The second kappa shape index (κ2) is 5.19. The number of phenolic OH excluding ortho intramolecular Hbond substituents is 2. The summed E-state index contributed by atoms with van der Waals surface area (Å²) in [6.45, 7) is 0.668. The van der Waals surface area contributed by atoms with E-state index in [-0.39, 0.29) is 22.5 Å². The standard InChI is InChI=1S/C18H14O6/c19-11-7-12(20)15-14(8-11)24-18(17(22)16(15)21)10-3-4-13-9(6-10)2-1-5-23-13/h3-4,6-8,19-20,22H,1-2,5H2. The molecule has 0 saturated heterocycles. The lowest BCUT2D eigenvalue weighted by Crippen LogP contribution is -2.08. The Morgan fingerprint density at radius 2 is 1.88 bits per heavy atom. The highest BCUT2D eigenvalue weighted by atomic mass is 16.5. The van der Waals surface area contributed by atoms with Crippen LogP contribution in [0.2, 0.25) is 0 Å². The van der Waals surface area contributed by atoms with Gasteiger partial charge in [-0.15, -0.1) is 0 Å². The molecule has 1 aliphatic heterocycles. The second-order valence-corrected chi connectivity index (χ2v) is 5.72. The van der Waals surface area contributed by atoms with Gasteiger partial charge in [-0.2, -0.15) is 0 Å². The van der Waals surface area contributed by atoms with Crippen LogP contribution in [0.15, 0.2) is 39.5 Å². The van der Waals surface area contributed by atoms with Crippen molar-refractivity contribution in [3.05, 3.63) is 46.1 Å². The van der Waals surface area contributed by atoms with Gasteiger partial charge in [-0.05, 0) is 36.6 Å². The van der Waals surface area contributed by atoms with Gasteiger partial charge >= 0.3 is 0 Å². The van der Waals surface area contributed by atoms with E-state index in [1.54, 1.807) is 18.2 Å². The van der Waals surface area contributed by atoms with Crippen LogP contribution in [0.25, 0.3) is 22.3 Å². The molecule has 3 aromatic rings. The molecular formula is C18H14O6. The summed E-state index contributed by atoms with van der Waals surface area (Å²) in [5.41, 5.74) is 0.746. The van der Waals surface area contributed by atoms with Crippen molar-refractivity contribution in [3.8, 4) is 34.3 Å². The molecule has 0 bridgehead atoms. The predicted molar refractivity (Wildman–Crippen MR) is 86.7 cm³/mol. The molecule has 0 spiro atoms. The molecule has 3 N–H and O–H groups in total. The van der Waals surface area contributed by atoms with Gasteiger partial charge in [0.1, 0.15) is 28.2 Å². The van der Waals surface area contributed by atoms with Gasteiger partial charge in [0, 0.05) is 17.7 Å². The molecule has 0 fully saturated rings. The molecule has 6 heteroatoms. The van der Waals surface area contributed by atoms with Gasteiger partial charge in [0.2, 0.25) is 11.2 Å². The SMILES string of the molecule is O=c1c(O)c(-c2ccc3c(c2)CCCO3)oc2cc(O)cc(O)c12. The Bertz CT molecular complexity index is 1020. The van der Waals surface area contributed by atoms with Gasteiger partial charge in [0.25, 0.3) is 0 Å². The largest absolute Gasteiger partial charge is 0.508 e. The van der Waals surface area contributed by atoms with Crippen LogP contribution in [0.5, 0.6) is 23.0 Å². The predicted octanol–water partition coefficient (Wildman–Crippen LogP) is 2.90. The van der Waals surface area contributed by atoms with Crippen LogP contribution >= 0.6 is 0 Å². The van der Waals surface area contributed by atoms with Crippen LogP contribution in [0.1, 0.15) is 12.0 Å². The zero-order valence-corrected chi connectivity index (χ0v) is 12.6. The maximum absolute atomic E-state index is 12.4. The van der Waals surface area contributed by atoms with Crippen molar-refractivity contribution in [3.63, 3.8) is 0 Å². The highest BCUT2D eigenvalue weighted by Gasteiger charge is 2.20. The van der Waals surface area contributed by atoms with Gasteiger partial charge in [-0.1, -0.05) is 0 Å². The molecule has 122 valence electrons. The Hall–Kier alpha value is -3.15. The first-order valence-electron chi connectivity index (χ1n) is 7.52. The number of hydrogen-bond donors (Lipinski definition) is 3. The van der Waals surface area contributed by atoms with Gasteiger partial charge in [-0.3, -0.25) is 4.79 Å². The summed E-state index contributed by atoms with van der Waals surface area (Å²) in [7, 11) is 0. The van der Waals surface area contributed by atoms with Gasteiger partial charge in [-0.25, -0.2) is 0 Å². The Morgan fingerprint density at radius 3 is 2.71 bits per heavy atom. The van der Waals surface area contributed by atoms with Crippen LogP contribution in [-0.4, -0.2) is 21.9 Å². The molecule has 1 aliphatic rings. The van der Waals surface area contributed by atoms with E-state index in [0.717, 1.165) is 30.2 Å². The summed E-state index contributed by atoms with van der Waals surface area (Å²) in [6, 6.07) is 7.51. The summed E-state index contributed by atoms with van der Waals surface area (Å²) in [6.07, 6.45) is 1.73. The first-order chi connectivity index (χ1) is 11.5. The summed E-state index contributed by atoms with van der Waals surface area (Å²) in [5.74, 6) is -0.493. The first-order valence-corrected chi connectivity index (χ1v) is 7.52. The summed E-state index contributed by atoms with van der Waals surface area (Å²) < 4.78 is 11.2. The van der Waals surface area contributed by atoms with Gasteiger partial charge < -0.3 is 24.5 Å². The average molecular weight is 326 g/mol. The highest BCUT2D eigenvalue weighted by Crippen LogP contribution is 2.37. The van der Waals surface area contributed by atoms with Gasteiger partial charge in [0.05, 0.1) is 6.61 Å². The molecule has 0 atom stereocenters. The zero-order valence-electron chi connectivity index (χ0n) is 12.6. The van der Waals surface area contributed by atoms with E-state index < -0.39 is 16.9 Å². The lowest BCUT2D eigenvalue weighted by molar-refractivity contribution is 0.288. The van der Waals surface area contributed by atoms with E-state index in [4.69, 9.17) is 9.15 Å². The van der Waals surface area contributed by atoms with Crippen molar-refractivity contribution >= 4 is 11.0 Å². The molecule has 0 aliphatic carbocycles. The topological polar surface area (TPSA) is 100 Å². The molecule has 4 rings (SSSR count). The van der Waals surface area contributed by atoms with Crippen molar-refractivity contribution in [2.24, 2.45) is 0 Å². The van der Waals surface area contributed by atoms with E-state index in [1.807, 2.05) is 0 Å². The van der Waals surface area contributed by atoms with Crippen LogP contribution in [0, 0.1) is 0 Å². The summed E-state index contributed by atoms with van der Waals surface area (Å²) >= 11 is 0. The Labute approximate surface area is 136 Å². The number of aromatic hydroxyl groups is 3. The minimum atomic E-state index is -0.752. The lowest BCUT2D eigenvalue weighted by Gasteiger charge is -2.18. The van der Waals surface area contributed by atoms with Crippen molar-refractivity contribution in [1.29, 1.82) is 0 Å². The monoisotopic (exact) mass is 326 g/mol. The third kappa shape index (κ3) is 2.15. The van der Waals surface area contributed by atoms with Crippen molar-refractivity contribution < 1.29 is 24.5 Å². The Balaban J connectivity index is 1.97. The van der Waals surface area contributed by atoms with Crippen molar-refractivity contribution in [1.82, 2.24) is 0 Å². The number of benzene rings is 2. The summed E-state index contributed by atoms with van der Waals surface area (Å²) in [4.78, 5) is 12.4. The molecule has 6 nitrogen and oxygen atoms in total. The number of phenols is 2. The number of ether oxygens (including phenoxy) is 1. The zero-order chi connectivity index (χ0) is 16.8. The lowest BCUT2D eigenvalue weighted by atomic mass is 10.0. The van der Waals surface area contributed by atoms with E-state index in [9.17, 15) is 20.1 Å². The molecule has 0 radical (unpaired) electrons.